The van der Waals surface area contributed by atoms with Crippen molar-refractivity contribution in [1.82, 2.24) is 25.0 Å². The van der Waals surface area contributed by atoms with Crippen LogP contribution in [0.25, 0.3) is 11.3 Å². The van der Waals surface area contributed by atoms with Crippen LogP contribution in [-0.2, 0) is 21.6 Å². The smallest absolute Gasteiger partial charge is 0.402 e. The Morgan fingerprint density at radius 3 is 2.79 bits per heavy atom. The number of carbonyl (C=O) groups is 1. The summed E-state index contributed by atoms with van der Waals surface area (Å²) in [4.78, 5) is 18.7. The van der Waals surface area contributed by atoms with Crippen molar-refractivity contribution in [3.8, 4) is 17.0 Å². The Labute approximate surface area is 216 Å². The van der Waals surface area contributed by atoms with E-state index in [0.717, 1.165) is 17.3 Å². The minimum absolute atomic E-state index is 0.245. The van der Waals surface area contributed by atoms with E-state index in [1.165, 1.54) is 6.20 Å². The van der Waals surface area contributed by atoms with E-state index < -0.39 is 17.7 Å². The Morgan fingerprint density at radius 1 is 1.26 bits per heavy atom. The lowest BCUT2D eigenvalue weighted by Gasteiger charge is -2.34. The highest BCUT2D eigenvalue weighted by Crippen LogP contribution is 2.40. The zero-order valence-electron chi connectivity index (χ0n) is 20.6. The first-order valence-corrected chi connectivity index (χ1v) is 12.0. The molecule has 13 heteroatoms. The molecule has 2 aliphatic heterocycles. The zero-order valence-corrected chi connectivity index (χ0v) is 20.6. The van der Waals surface area contributed by atoms with Crippen LogP contribution in [0.15, 0.2) is 48.7 Å². The maximum absolute atomic E-state index is 13.2. The number of rotatable bonds is 6. The number of methoxy groups -OCH3 is 1. The molecule has 4 heterocycles. The number of hydrogen-bond donors (Lipinski definition) is 2. The maximum Gasteiger partial charge on any atom is 0.573 e. The summed E-state index contributed by atoms with van der Waals surface area (Å²) >= 11 is 0. The van der Waals surface area contributed by atoms with Crippen molar-refractivity contribution in [2.75, 3.05) is 39.1 Å². The van der Waals surface area contributed by atoms with E-state index >= 15 is 0 Å². The van der Waals surface area contributed by atoms with Crippen LogP contribution in [0.3, 0.4) is 0 Å². The number of likely N-dealkylation sites (tertiary alicyclic amines) is 1. The number of nitrogens with two attached hydrogens (primary N) is 1. The number of nitrogens with one attached hydrogen (secondary N) is 1. The normalized spacial score (nSPS) is 19.8. The first kappa shape index (κ1) is 25.8. The van der Waals surface area contributed by atoms with Gasteiger partial charge >= 0.3 is 12.4 Å². The van der Waals surface area contributed by atoms with Gasteiger partial charge in [0.15, 0.2) is 11.6 Å². The highest BCUT2D eigenvalue weighted by Gasteiger charge is 2.47. The number of hydrogen-bond acceptors (Lipinski definition) is 7. The van der Waals surface area contributed by atoms with Gasteiger partial charge in [-0.1, -0.05) is 30.3 Å². The van der Waals surface area contributed by atoms with Gasteiger partial charge in [-0.25, -0.2) is 9.78 Å². The van der Waals surface area contributed by atoms with Gasteiger partial charge in [-0.15, -0.1) is 13.2 Å². The Balaban J connectivity index is 1.35. The monoisotopic (exact) mass is 532 g/mol. The second-order valence-electron chi connectivity index (χ2n) is 9.18. The van der Waals surface area contributed by atoms with E-state index in [1.807, 2.05) is 30.3 Å². The van der Waals surface area contributed by atoms with Gasteiger partial charge in [0.05, 0.1) is 43.7 Å². The number of alkyl halides is 3. The third kappa shape index (κ3) is 5.24. The number of benzene rings is 1. The number of aromatic nitrogens is 3. The fraction of sp³-hybridized carbons (Fsp3) is 0.400. The molecular weight excluding hydrogens is 505 g/mol. The fourth-order valence-electron chi connectivity index (χ4n) is 4.89. The van der Waals surface area contributed by atoms with Crippen LogP contribution < -0.4 is 15.8 Å². The van der Waals surface area contributed by atoms with Crippen LogP contribution in [0, 0.1) is 0 Å². The summed E-state index contributed by atoms with van der Waals surface area (Å²) in [6.07, 6.45) is -3.03. The molecule has 2 amide bonds. The topological polar surface area (TPSA) is 117 Å². The number of nitrogens with zero attached hydrogens (tertiary/aromatic N) is 4. The third-order valence-corrected chi connectivity index (χ3v) is 6.68. The number of carbonyl (C=O) groups excluding carboxylic acids is 1. The Morgan fingerprint density at radius 2 is 2.05 bits per heavy atom. The van der Waals surface area contributed by atoms with Crippen LogP contribution in [0.5, 0.6) is 5.75 Å². The Bertz CT molecular complexity index is 1300. The quantitative estimate of drug-likeness (QED) is 0.500. The minimum atomic E-state index is -4.91. The molecule has 38 heavy (non-hydrogen) atoms. The molecule has 0 bridgehead atoms. The molecule has 0 saturated carbocycles. The SMILES string of the molecule is COC[C@@H](NC(=O)N1CCC2(C1)OCCn1nc(-c3cnc(N)c(OC(F)(F)F)c3)cc12)c1ccccc1. The molecule has 1 spiro atoms. The van der Waals surface area contributed by atoms with E-state index in [2.05, 4.69) is 20.1 Å². The summed E-state index contributed by atoms with van der Waals surface area (Å²) in [6.45, 7) is 1.90. The lowest BCUT2D eigenvalue weighted by molar-refractivity contribution is -0.274. The molecule has 10 nitrogen and oxygen atoms in total. The van der Waals surface area contributed by atoms with Crippen molar-refractivity contribution in [2.45, 2.75) is 31.0 Å². The molecule has 3 aromatic rings. The van der Waals surface area contributed by atoms with Crippen molar-refractivity contribution >= 4 is 11.8 Å². The van der Waals surface area contributed by atoms with Crippen LogP contribution >= 0.6 is 0 Å². The predicted molar refractivity (Wildman–Crippen MR) is 130 cm³/mol. The second kappa shape index (κ2) is 10.1. The number of anilines is 1. The number of nitrogen functional groups attached to an aromatic ring is 1. The largest absolute Gasteiger partial charge is 0.573 e. The molecule has 202 valence electrons. The highest BCUT2D eigenvalue weighted by atomic mass is 19.4. The fourth-order valence-corrected chi connectivity index (χ4v) is 4.89. The maximum atomic E-state index is 13.2. The van der Waals surface area contributed by atoms with E-state index in [-0.39, 0.29) is 17.9 Å². The van der Waals surface area contributed by atoms with Crippen molar-refractivity contribution in [3.63, 3.8) is 0 Å². The molecule has 1 unspecified atom stereocenters. The average molecular weight is 533 g/mol. The van der Waals surface area contributed by atoms with Crippen molar-refractivity contribution in [2.24, 2.45) is 0 Å². The first-order valence-electron chi connectivity index (χ1n) is 12.0. The number of fused-ring (bicyclic) bond motifs is 2. The molecule has 0 radical (unpaired) electrons. The molecule has 0 aliphatic carbocycles. The molecule has 3 N–H and O–H groups in total. The number of pyridine rings is 1. The van der Waals surface area contributed by atoms with E-state index in [9.17, 15) is 18.0 Å². The number of halogens is 3. The van der Waals surface area contributed by atoms with E-state index in [4.69, 9.17) is 15.2 Å². The van der Waals surface area contributed by atoms with Gasteiger partial charge in [-0.2, -0.15) is 5.10 Å². The summed E-state index contributed by atoms with van der Waals surface area (Å²) in [5, 5.41) is 7.61. The summed E-state index contributed by atoms with van der Waals surface area (Å²) in [5.74, 6) is -0.978. The minimum Gasteiger partial charge on any atom is -0.402 e. The van der Waals surface area contributed by atoms with Gasteiger partial charge < -0.3 is 30.2 Å². The van der Waals surface area contributed by atoms with Crippen molar-refractivity contribution in [1.29, 1.82) is 0 Å². The molecule has 2 atom stereocenters. The van der Waals surface area contributed by atoms with E-state index in [0.29, 0.717) is 50.5 Å². The lowest BCUT2D eigenvalue weighted by Crippen LogP contribution is -2.45. The third-order valence-electron chi connectivity index (χ3n) is 6.68. The standard InChI is InChI=1S/C25H27F3N6O4/c1-36-14-19(16-5-3-2-4-6-16)31-23(35)33-8-7-24(15-33)21-12-18(32-34(21)9-10-37-24)17-11-20(22(29)30-13-17)38-25(26,27)28/h2-6,11-13,19H,7-10,14-15H2,1H3,(H2,29,30)(H,31,35)/t19-,24?/m1/s1. The summed E-state index contributed by atoms with van der Waals surface area (Å²) in [7, 11) is 1.58. The molecule has 2 aromatic heterocycles. The van der Waals surface area contributed by atoms with Crippen LogP contribution in [0.4, 0.5) is 23.8 Å². The van der Waals surface area contributed by atoms with Crippen LogP contribution in [0.1, 0.15) is 23.7 Å². The van der Waals surface area contributed by atoms with Crippen LogP contribution in [-0.4, -0.2) is 65.5 Å². The average Bonchev–Trinajstić information content (AvgIpc) is 3.51. The number of urea groups is 1. The van der Waals surface area contributed by atoms with Crippen molar-refractivity contribution < 1.29 is 32.2 Å². The Hall–Kier alpha value is -3.84. The number of amides is 2. The predicted octanol–water partition coefficient (Wildman–Crippen LogP) is 3.45. The number of ether oxygens (including phenoxy) is 3. The second-order valence-corrected chi connectivity index (χ2v) is 9.18. The molecule has 1 saturated heterocycles. The summed E-state index contributed by atoms with van der Waals surface area (Å²) < 4.78 is 55.6. The van der Waals surface area contributed by atoms with E-state index in [1.54, 1.807) is 22.8 Å². The van der Waals surface area contributed by atoms with Gasteiger partial charge in [-0.05, 0) is 17.7 Å². The molecular formula is C25H27F3N6O4. The molecule has 1 aromatic carbocycles. The van der Waals surface area contributed by atoms with Gasteiger partial charge in [0.2, 0.25) is 0 Å². The molecule has 5 rings (SSSR count). The summed E-state index contributed by atoms with van der Waals surface area (Å²) in [6, 6.07) is 11.9. The Kier molecular flexibility index (Phi) is 6.88. The van der Waals surface area contributed by atoms with Gasteiger partial charge in [-0.3, -0.25) is 4.68 Å². The summed E-state index contributed by atoms with van der Waals surface area (Å²) in [5.41, 5.74) is 7.15. The first-order chi connectivity index (χ1) is 18.2. The highest BCUT2D eigenvalue weighted by molar-refractivity contribution is 5.75. The lowest BCUT2D eigenvalue weighted by atomic mass is 9.96. The van der Waals surface area contributed by atoms with Gasteiger partial charge in [0.25, 0.3) is 0 Å². The van der Waals surface area contributed by atoms with Crippen LogP contribution in [0.2, 0.25) is 0 Å². The van der Waals surface area contributed by atoms with Gasteiger partial charge in [0.1, 0.15) is 5.60 Å². The molecule has 1 fully saturated rings. The zero-order chi connectivity index (χ0) is 26.9. The molecule has 2 aliphatic rings. The van der Waals surface area contributed by atoms with Gasteiger partial charge in [0, 0.05) is 31.8 Å². The van der Waals surface area contributed by atoms with Crippen molar-refractivity contribution in [3.05, 3.63) is 59.9 Å².